The van der Waals surface area contributed by atoms with E-state index < -0.39 is 5.54 Å². The standard InChI is InChI=1S/C15H18N2O3S/c1-15(2,3)17-13(19)10-5-4-9(8-11(10)14(17)20)12(18)16-6-7-21/h4-5,8,21H,6-7H2,1-3H3,(H,16,18). The molecule has 1 N–H and O–H groups in total. The molecule has 0 aliphatic carbocycles. The third-order valence-electron chi connectivity index (χ3n) is 3.22. The van der Waals surface area contributed by atoms with Crippen LogP contribution in [0.15, 0.2) is 18.2 Å². The maximum atomic E-state index is 12.4. The van der Waals surface area contributed by atoms with E-state index in [4.69, 9.17) is 0 Å². The Hall–Kier alpha value is -1.82. The minimum atomic E-state index is -0.596. The fourth-order valence-electron chi connectivity index (χ4n) is 2.26. The van der Waals surface area contributed by atoms with Gasteiger partial charge >= 0.3 is 0 Å². The molecule has 0 aromatic heterocycles. The maximum absolute atomic E-state index is 12.4. The Kier molecular flexibility index (Phi) is 4.09. The quantitative estimate of drug-likeness (QED) is 0.660. The zero-order valence-corrected chi connectivity index (χ0v) is 13.2. The average molecular weight is 306 g/mol. The third-order valence-corrected chi connectivity index (χ3v) is 3.44. The molecule has 112 valence electrons. The zero-order valence-electron chi connectivity index (χ0n) is 12.3. The Morgan fingerprint density at radius 2 is 1.81 bits per heavy atom. The minimum absolute atomic E-state index is 0.277. The molecule has 2 rings (SSSR count). The lowest BCUT2D eigenvalue weighted by atomic mass is 10.1. The van der Waals surface area contributed by atoms with Gasteiger partial charge in [-0.2, -0.15) is 12.6 Å². The normalized spacial score (nSPS) is 14.4. The van der Waals surface area contributed by atoms with Gasteiger partial charge in [-0.05, 0) is 39.0 Å². The Balaban J connectivity index is 2.36. The van der Waals surface area contributed by atoms with Gasteiger partial charge in [-0.1, -0.05) is 0 Å². The number of amides is 3. The number of hydrogen-bond acceptors (Lipinski definition) is 4. The number of hydrogen-bond donors (Lipinski definition) is 2. The van der Waals surface area contributed by atoms with E-state index in [-0.39, 0.29) is 23.3 Å². The number of rotatable bonds is 3. The van der Waals surface area contributed by atoms with Crippen LogP contribution in [-0.2, 0) is 0 Å². The van der Waals surface area contributed by atoms with E-state index in [0.29, 0.717) is 23.4 Å². The number of nitrogens with zero attached hydrogens (tertiary/aromatic N) is 1. The summed E-state index contributed by atoms with van der Waals surface area (Å²) in [7, 11) is 0. The third kappa shape index (κ3) is 2.81. The topological polar surface area (TPSA) is 66.5 Å². The highest BCUT2D eigenvalue weighted by Crippen LogP contribution is 2.29. The van der Waals surface area contributed by atoms with Crippen LogP contribution in [0.5, 0.6) is 0 Å². The van der Waals surface area contributed by atoms with Crippen molar-refractivity contribution in [1.29, 1.82) is 0 Å². The molecule has 0 unspecified atom stereocenters. The summed E-state index contributed by atoms with van der Waals surface area (Å²) in [6.45, 7) is 5.85. The van der Waals surface area contributed by atoms with Gasteiger partial charge in [-0.25, -0.2) is 0 Å². The Bertz CT molecular complexity index is 620. The molecular formula is C15H18N2O3S. The average Bonchev–Trinajstić information content (AvgIpc) is 2.67. The largest absolute Gasteiger partial charge is 0.351 e. The fourth-order valence-corrected chi connectivity index (χ4v) is 2.37. The summed E-state index contributed by atoms with van der Waals surface area (Å²) in [5.41, 5.74) is 0.406. The summed E-state index contributed by atoms with van der Waals surface area (Å²) in [4.78, 5) is 37.8. The molecule has 5 nitrogen and oxygen atoms in total. The highest BCUT2D eigenvalue weighted by atomic mass is 32.1. The molecule has 21 heavy (non-hydrogen) atoms. The molecule has 3 amide bonds. The highest BCUT2D eigenvalue weighted by molar-refractivity contribution is 7.80. The molecule has 0 saturated carbocycles. The molecule has 1 heterocycles. The first kappa shape index (κ1) is 15.6. The molecule has 1 aromatic rings. The van der Waals surface area contributed by atoms with Crippen LogP contribution in [0.2, 0.25) is 0 Å². The second-order valence-corrected chi connectivity index (χ2v) is 6.30. The molecule has 1 aliphatic heterocycles. The second kappa shape index (κ2) is 5.52. The first-order valence-corrected chi connectivity index (χ1v) is 7.32. The van der Waals surface area contributed by atoms with E-state index in [9.17, 15) is 14.4 Å². The van der Waals surface area contributed by atoms with Gasteiger partial charge in [-0.3, -0.25) is 19.3 Å². The second-order valence-electron chi connectivity index (χ2n) is 5.86. The van der Waals surface area contributed by atoms with Crippen LogP contribution in [0, 0.1) is 0 Å². The number of nitrogens with one attached hydrogen (secondary N) is 1. The molecule has 6 heteroatoms. The number of thiol groups is 1. The van der Waals surface area contributed by atoms with Crippen LogP contribution < -0.4 is 5.32 Å². The summed E-state index contributed by atoms with van der Waals surface area (Å²) in [5.74, 6) is -0.413. The van der Waals surface area contributed by atoms with Gasteiger partial charge in [0, 0.05) is 23.4 Å². The van der Waals surface area contributed by atoms with Crippen molar-refractivity contribution in [3.63, 3.8) is 0 Å². The van der Waals surface area contributed by atoms with Crippen molar-refractivity contribution in [3.8, 4) is 0 Å². The number of fused-ring (bicyclic) bond motifs is 1. The van der Waals surface area contributed by atoms with Crippen molar-refractivity contribution >= 4 is 30.4 Å². The van der Waals surface area contributed by atoms with Crippen LogP contribution in [0.1, 0.15) is 51.8 Å². The summed E-state index contributed by atoms with van der Waals surface area (Å²) in [6, 6.07) is 4.58. The summed E-state index contributed by atoms with van der Waals surface area (Å²) in [5, 5.41) is 2.68. The Morgan fingerprint density at radius 3 is 2.38 bits per heavy atom. The first-order chi connectivity index (χ1) is 9.77. The molecular weight excluding hydrogens is 288 g/mol. The monoisotopic (exact) mass is 306 g/mol. The Labute approximate surface area is 129 Å². The van der Waals surface area contributed by atoms with Crippen molar-refractivity contribution in [2.24, 2.45) is 0 Å². The van der Waals surface area contributed by atoms with Gasteiger partial charge in [0.15, 0.2) is 0 Å². The predicted octanol–water partition coefficient (Wildman–Crippen LogP) is 1.74. The van der Waals surface area contributed by atoms with Gasteiger partial charge < -0.3 is 5.32 Å². The van der Waals surface area contributed by atoms with Crippen molar-refractivity contribution in [2.75, 3.05) is 12.3 Å². The van der Waals surface area contributed by atoms with Gasteiger partial charge in [0.1, 0.15) is 0 Å². The first-order valence-electron chi connectivity index (χ1n) is 6.69. The van der Waals surface area contributed by atoms with Crippen LogP contribution in [0.25, 0.3) is 0 Å². The van der Waals surface area contributed by atoms with E-state index in [0.717, 1.165) is 0 Å². The zero-order chi connectivity index (χ0) is 15.8. The van der Waals surface area contributed by atoms with E-state index in [1.54, 1.807) is 26.8 Å². The van der Waals surface area contributed by atoms with Crippen molar-refractivity contribution in [1.82, 2.24) is 10.2 Å². The van der Waals surface area contributed by atoms with Crippen molar-refractivity contribution < 1.29 is 14.4 Å². The molecule has 0 spiro atoms. The van der Waals surface area contributed by atoms with Crippen molar-refractivity contribution in [3.05, 3.63) is 34.9 Å². The van der Waals surface area contributed by atoms with Crippen LogP contribution in [0.3, 0.4) is 0 Å². The predicted molar refractivity (Wildman–Crippen MR) is 82.9 cm³/mol. The molecule has 0 atom stereocenters. The summed E-state index contributed by atoms with van der Waals surface area (Å²) < 4.78 is 0. The molecule has 0 saturated heterocycles. The molecule has 1 aromatic carbocycles. The van der Waals surface area contributed by atoms with Crippen LogP contribution in [-0.4, -0.2) is 40.5 Å². The number of carbonyl (C=O) groups is 3. The number of imide groups is 1. The SMILES string of the molecule is CC(C)(C)N1C(=O)c2ccc(C(=O)NCCS)cc2C1=O. The highest BCUT2D eigenvalue weighted by Gasteiger charge is 2.42. The molecule has 0 radical (unpaired) electrons. The maximum Gasteiger partial charge on any atom is 0.262 e. The fraction of sp³-hybridized carbons (Fsp3) is 0.400. The lowest BCUT2D eigenvalue weighted by Gasteiger charge is -2.29. The van der Waals surface area contributed by atoms with Crippen LogP contribution >= 0.6 is 12.6 Å². The van der Waals surface area contributed by atoms with Gasteiger partial charge in [-0.15, -0.1) is 0 Å². The van der Waals surface area contributed by atoms with Crippen molar-refractivity contribution in [2.45, 2.75) is 26.3 Å². The van der Waals surface area contributed by atoms with Crippen LogP contribution in [0.4, 0.5) is 0 Å². The van der Waals surface area contributed by atoms with E-state index in [2.05, 4.69) is 17.9 Å². The lowest BCUT2D eigenvalue weighted by Crippen LogP contribution is -2.45. The molecule has 1 aliphatic rings. The lowest BCUT2D eigenvalue weighted by molar-refractivity contribution is 0.0507. The smallest absolute Gasteiger partial charge is 0.262 e. The van der Waals surface area contributed by atoms with E-state index in [1.807, 2.05) is 0 Å². The van der Waals surface area contributed by atoms with E-state index in [1.165, 1.54) is 17.0 Å². The van der Waals surface area contributed by atoms with Gasteiger partial charge in [0.2, 0.25) is 0 Å². The molecule has 0 fully saturated rings. The summed E-state index contributed by atoms with van der Waals surface area (Å²) in [6.07, 6.45) is 0. The minimum Gasteiger partial charge on any atom is -0.351 e. The van der Waals surface area contributed by atoms with Gasteiger partial charge in [0.25, 0.3) is 17.7 Å². The van der Waals surface area contributed by atoms with Gasteiger partial charge in [0.05, 0.1) is 11.1 Å². The number of benzene rings is 1. The summed E-state index contributed by atoms with van der Waals surface area (Å²) >= 11 is 4.02. The Morgan fingerprint density at radius 1 is 1.19 bits per heavy atom. The molecule has 0 bridgehead atoms. The van der Waals surface area contributed by atoms with E-state index >= 15 is 0 Å². The number of carbonyl (C=O) groups excluding carboxylic acids is 3.